The fourth-order valence-electron chi connectivity index (χ4n) is 1.74. The first-order valence-electron chi connectivity index (χ1n) is 6.30. The average molecular weight is 367 g/mol. The molecule has 0 radical (unpaired) electrons. The summed E-state index contributed by atoms with van der Waals surface area (Å²) in [5.41, 5.74) is 0.949. The lowest BCUT2D eigenvalue weighted by molar-refractivity contribution is 0.0466. The molecule has 22 heavy (non-hydrogen) atoms. The zero-order valence-electron chi connectivity index (χ0n) is 11.6. The molecule has 0 spiro atoms. The Morgan fingerprint density at radius 2 is 1.77 bits per heavy atom. The molecule has 2 aromatic rings. The normalized spacial score (nSPS) is 10.1. The lowest BCUT2D eigenvalue weighted by Gasteiger charge is -2.07. The fourth-order valence-corrected chi connectivity index (χ4v) is 2.07. The lowest BCUT2D eigenvalue weighted by atomic mass is 10.1. The molecule has 2 aromatic carbocycles. The highest BCUT2D eigenvalue weighted by Crippen LogP contribution is 2.17. The van der Waals surface area contributed by atoms with Crippen LogP contribution in [0.15, 0.2) is 46.9 Å². The van der Waals surface area contributed by atoms with Gasteiger partial charge in [-0.05, 0) is 35.9 Å². The van der Waals surface area contributed by atoms with Crippen molar-refractivity contribution in [2.45, 2.75) is 6.61 Å². The van der Waals surface area contributed by atoms with Crippen LogP contribution in [-0.4, -0.2) is 19.0 Å². The van der Waals surface area contributed by atoms with E-state index in [9.17, 15) is 14.0 Å². The van der Waals surface area contributed by atoms with Gasteiger partial charge in [-0.25, -0.2) is 14.0 Å². The van der Waals surface area contributed by atoms with Crippen LogP contribution in [0.5, 0.6) is 0 Å². The van der Waals surface area contributed by atoms with E-state index in [0.717, 1.165) is 0 Å². The molecule has 0 aliphatic carbocycles. The van der Waals surface area contributed by atoms with Gasteiger partial charge in [-0.15, -0.1) is 0 Å². The summed E-state index contributed by atoms with van der Waals surface area (Å²) in [6, 6.07) is 10.5. The quantitative estimate of drug-likeness (QED) is 0.773. The van der Waals surface area contributed by atoms with Crippen LogP contribution in [0.25, 0.3) is 0 Å². The predicted molar refractivity (Wildman–Crippen MR) is 81.0 cm³/mol. The molecule has 4 nitrogen and oxygen atoms in total. The maximum atomic E-state index is 13.6. The van der Waals surface area contributed by atoms with Crippen molar-refractivity contribution in [3.8, 4) is 0 Å². The average Bonchev–Trinajstić information content (AvgIpc) is 2.52. The summed E-state index contributed by atoms with van der Waals surface area (Å²) < 4.78 is 23.8. The zero-order valence-corrected chi connectivity index (χ0v) is 13.2. The Morgan fingerprint density at radius 1 is 1.09 bits per heavy atom. The minimum Gasteiger partial charge on any atom is -0.465 e. The summed E-state index contributed by atoms with van der Waals surface area (Å²) >= 11 is 3.12. The van der Waals surface area contributed by atoms with E-state index in [1.807, 2.05) is 0 Å². The van der Waals surface area contributed by atoms with Crippen LogP contribution in [-0.2, 0) is 16.1 Å². The molecule has 2 rings (SSSR count). The van der Waals surface area contributed by atoms with E-state index >= 15 is 0 Å². The summed E-state index contributed by atoms with van der Waals surface area (Å²) in [7, 11) is 1.30. The van der Waals surface area contributed by atoms with Gasteiger partial charge in [0, 0.05) is 4.47 Å². The van der Waals surface area contributed by atoms with Gasteiger partial charge in [-0.1, -0.05) is 28.1 Å². The highest BCUT2D eigenvalue weighted by molar-refractivity contribution is 9.10. The monoisotopic (exact) mass is 366 g/mol. The first-order valence-corrected chi connectivity index (χ1v) is 7.10. The molecule has 0 aliphatic rings. The van der Waals surface area contributed by atoms with Crippen molar-refractivity contribution >= 4 is 27.9 Å². The topological polar surface area (TPSA) is 52.6 Å². The van der Waals surface area contributed by atoms with E-state index in [1.54, 1.807) is 30.3 Å². The number of carbonyl (C=O) groups excluding carboxylic acids is 2. The second-order valence-electron chi connectivity index (χ2n) is 4.39. The van der Waals surface area contributed by atoms with Crippen LogP contribution in [0, 0.1) is 5.82 Å². The van der Waals surface area contributed by atoms with Gasteiger partial charge in [0.05, 0.1) is 18.2 Å². The number of hydrogen-bond donors (Lipinski definition) is 0. The van der Waals surface area contributed by atoms with Gasteiger partial charge in [0.2, 0.25) is 0 Å². The Labute approximate surface area is 135 Å². The minimum absolute atomic E-state index is 0.0181. The Balaban J connectivity index is 2.00. The van der Waals surface area contributed by atoms with Crippen LogP contribution < -0.4 is 0 Å². The van der Waals surface area contributed by atoms with Gasteiger partial charge in [0.1, 0.15) is 12.4 Å². The number of ether oxygens (including phenoxy) is 2. The van der Waals surface area contributed by atoms with Crippen LogP contribution >= 0.6 is 15.9 Å². The summed E-state index contributed by atoms with van der Waals surface area (Å²) in [4.78, 5) is 23.1. The van der Waals surface area contributed by atoms with Gasteiger partial charge in [-0.3, -0.25) is 0 Å². The Kier molecular flexibility index (Phi) is 5.27. The number of carbonyl (C=O) groups is 2. The van der Waals surface area contributed by atoms with Crippen molar-refractivity contribution in [3.63, 3.8) is 0 Å². The number of benzene rings is 2. The van der Waals surface area contributed by atoms with E-state index < -0.39 is 17.8 Å². The van der Waals surface area contributed by atoms with Gasteiger partial charge in [0.15, 0.2) is 0 Å². The van der Waals surface area contributed by atoms with Gasteiger partial charge in [-0.2, -0.15) is 0 Å². The largest absolute Gasteiger partial charge is 0.465 e. The smallest absolute Gasteiger partial charge is 0.341 e. The number of methoxy groups -OCH3 is 1. The van der Waals surface area contributed by atoms with Gasteiger partial charge in [0.25, 0.3) is 0 Å². The molecule has 0 aromatic heterocycles. The molecular formula is C16H12BrFO4. The predicted octanol–water partition coefficient (Wildman–Crippen LogP) is 3.73. The number of rotatable bonds is 4. The van der Waals surface area contributed by atoms with Crippen molar-refractivity contribution < 1.29 is 23.5 Å². The van der Waals surface area contributed by atoms with Crippen molar-refractivity contribution in [2.24, 2.45) is 0 Å². The van der Waals surface area contributed by atoms with Crippen LogP contribution in [0.3, 0.4) is 0 Å². The molecule has 0 bridgehead atoms. The van der Waals surface area contributed by atoms with E-state index in [0.29, 0.717) is 15.6 Å². The molecule has 0 saturated carbocycles. The molecule has 0 N–H and O–H groups in total. The maximum absolute atomic E-state index is 13.6. The van der Waals surface area contributed by atoms with Crippen LogP contribution in [0.2, 0.25) is 0 Å². The molecule has 114 valence electrons. The van der Waals surface area contributed by atoms with Crippen molar-refractivity contribution in [1.29, 1.82) is 0 Å². The Morgan fingerprint density at radius 3 is 2.36 bits per heavy atom. The number of hydrogen-bond acceptors (Lipinski definition) is 4. The van der Waals surface area contributed by atoms with E-state index in [4.69, 9.17) is 4.74 Å². The number of halogens is 2. The Bertz CT molecular complexity index is 698. The van der Waals surface area contributed by atoms with E-state index in [1.165, 1.54) is 19.2 Å². The summed E-state index contributed by atoms with van der Waals surface area (Å²) in [6.07, 6.45) is 0. The second kappa shape index (κ2) is 7.17. The number of esters is 2. The van der Waals surface area contributed by atoms with Crippen molar-refractivity contribution in [2.75, 3.05) is 7.11 Å². The fraction of sp³-hybridized carbons (Fsp3) is 0.125. The summed E-state index contributed by atoms with van der Waals surface area (Å²) in [5.74, 6) is -1.84. The summed E-state index contributed by atoms with van der Waals surface area (Å²) in [5, 5.41) is 0. The van der Waals surface area contributed by atoms with Crippen LogP contribution in [0.4, 0.5) is 4.39 Å². The molecule has 0 amide bonds. The molecule has 0 unspecified atom stereocenters. The Hall–Kier alpha value is -2.21. The molecule has 0 fully saturated rings. The molecule has 0 heterocycles. The van der Waals surface area contributed by atoms with E-state index in [2.05, 4.69) is 20.7 Å². The molecular weight excluding hydrogens is 355 g/mol. The maximum Gasteiger partial charge on any atom is 0.341 e. The standard InChI is InChI=1S/C16H12BrFO4/c1-21-15(19)11-4-2-10(3-5-11)9-22-16(20)13-7-6-12(17)8-14(13)18/h2-8H,9H2,1H3. The van der Waals surface area contributed by atoms with E-state index in [-0.39, 0.29) is 12.2 Å². The van der Waals surface area contributed by atoms with Crippen molar-refractivity contribution in [1.82, 2.24) is 0 Å². The lowest BCUT2D eigenvalue weighted by Crippen LogP contribution is -2.08. The third-order valence-electron chi connectivity index (χ3n) is 2.90. The molecule has 0 saturated heterocycles. The van der Waals surface area contributed by atoms with Gasteiger partial charge >= 0.3 is 11.9 Å². The minimum atomic E-state index is -0.748. The summed E-state index contributed by atoms with van der Waals surface area (Å²) in [6.45, 7) is -0.0181. The van der Waals surface area contributed by atoms with Crippen LogP contribution in [0.1, 0.15) is 26.3 Å². The first kappa shape index (κ1) is 16.2. The molecule has 0 aliphatic heterocycles. The third kappa shape index (κ3) is 3.92. The highest BCUT2D eigenvalue weighted by Gasteiger charge is 2.13. The molecule has 6 heteroatoms. The first-order chi connectivity index (χ1) is 10.5. The SMILES string of the molecule is COC(=O)c1ccc(COC(=O)c2ccc(Br)cc2F)cc1. The second-order valence-corrected chi connectivity index (χ2v) is 5.30. The third-order valence-corrected chi connectivity index (χ3v) is 3.39. The van der Waals surface area contributed by atoms with Crippen molar-refractivity contribution in [3.05, 3.63) is 69.4 Å². The zero-order chi connectivity index (χ0) is 16.1. The highest BCUT2D eigenvalue weighted by atomic mass is 79.9. The van der Waals surface area contributed by atoms with Gasteiger partial charge < -0.3 is 9.47 Å². The molecule has 0 atom stereocenters.